The zero-order valence-electron chi connectivity index (χ0n) is 11.7. The Kier molecular flexibility index (Phi) is 4.40. The number of pyridine rings is 1. The molecule has 1 atom stereocenters. The summed E-state index contributed by atoms with van der Waals surface area (Å²) in [6.45, 7) is 4.90. The van der Waals surface area contributed by atoms with Crippen molar-refractivity contribution in [3.05, 3.63) is 33.2 Å². The predicted octanol–water partition coefficient (Wildman–Crippen LogP) is 2.03. The molecule has 0 radical (unpaired) electrons. The van der Waals surface area contributed by atoms with Crippen LogP contribution in [0.15, 0.2) is 10.9 Å². The number of fused-ring (bicyclic) bond motifs is 1. The number of aryl methyl sites for hydroxylation is 1. The number of amides is 1. The van der Waals surface area contributed by atoms with Crippen LogP contribution in [0, 0.1) is 5.92 Å². The van der Waals surface area contributed by atoms with E-state index in [9.17, 15) is 9.59 Å². The topological polar surface area (TPSA) is 62.0 Å². The number of aromatic amines is 1. The third-order valence-corrected chi connectivity index (χ3v) is 3.73. The molecule has 2 N–H and O–H groups in total. The Morgan fingerprint density at radius 2 is 2.32 bits per heavy atom. The van der Waals surface area contributed by atoms with Crippen LogP contribution in [0.4, 0.5) is 0 Å². The summed E-state index contributed by atoms with van der Waals surface area (Å²) in [6.07, 6.45) is 4.92. The lowest BCUT2D eigenvalue weighted by Crippen LogP contribution is -2.32. The van der Waals surface area contributed by atoms with Gasteiger partial charge in [-0.1, -0.05) is 20.3 Å². The Hall–Kier alpha value is -1.58. The van der Waals surface area contributed by atoms with Crippen LogP contribution in [0.25, 0.3) is 0 Å². The van der Waals surface area contributed by atoms with Crippen LogP contribution in [0.2, 0.25) is 0 Å². The van der Waals surface area contributed by atoms with Crippen LogP contribution in [0.5, 0.6) is 0 Å². The van der Waals surface area contributed by atoms with Gasteiger partial charge in [0.1, 0.15) is 5.56 Å². The fourth-order valence-corrected chi connectivity index (χ4v) is 2.53. The van der Waals surface area contributed by atoms with E-state index in [1.165, 1.54) is 0 Å². The fourth-order valence-electron chi connectivity index (χ4n) is 2.53. The Labute approximate surface area is 113 Å². The van der Waals surface area contributed by atoms with E-state index < -0.39 is 0 Å². The third-order valence-electron chi connectivity index (χ3n) is 3.73. The maximum Gasteiger partial charge on any atom is 0.261 e. The van der Waals surface area contributed by atoms with Crippen molar-refractivity contribution < 1.29 is 4.79 Å². The van der Waals surface area contributed by atoms with Gasteiger partial charge >= 0.3 is 0 Å². The molecule has 0 aromatic carbocycles. The van der Waals surface area contributed by atoms with Gasteiger partial charge in [0, 0.05) is 12.2 Å². The molecule has 1 aromatic rings. The van der Waals surface area contributed by atoms with Crippen molar-refractivity contribution in [3.8, 4) is 0 Å². The molecule has 1 aliphatic carbocycles. The second-order valence-corrected chi connectivity index (χ2v) is 5.47. The maximum absolute atomic E-state index is 12.0. The first-order chi connectivity index (χ1) is 9.11. The molecule has 0 spiro atoms. The summed E-state index contributed by atoms with van der Waals surface area (Å²) in [5, 5.41) is 2.80. The first-order valence-corrected chi connectivity index (χ1v) is 7.15. The molecule has 0 saturated carbocycles. The molecule has 104 valence electrons. The smallest absolute Gasteiger partial charge is 0.261 e. The van der Waals surface area contributed by atoms with Gasteiger partial charge in [-0.15, -0.1) is 0 Å². The molecule has 1 amide bonds. The van der Waals surface area contributed by atoms with Crippen molar-refractivity contribution in [2.24, 2.45) is 5.92 Å². The zero-order chi connectivity index (χ0) is 13.8. The molecule has 4 heteroatoms. The van der Waals surface area contributed by atoms with Gasteiger partial charge in [0.15, 0.2) is 0 Å². The lowest BCUT2D eigenvalue weighted by molar-refractivity contribution is 0.0951. The van der Waals surface area contributed by atoms with Gasteiger partial charge in [0.05, 0.1) is 0 Å². The van der Waals surface area contributed by atoms with Gasteiger partial charge in [0.2, 0.25) is 0 Å². The van der Waals surface area contributed by atoms with Gasteiger partial charge < -0.3 is 10.3 Å². The first-order valence-electron chi connectivity index (χ1n) is 7.15. The van der Waals surface area contributed by atoms with E-state index in [4.69, 9.17) is 0 Å². The van der Waals surface area contributed by atoms with Crippen LogP contribution in [-0.4, -0.2) is 17.4 Å². The average molecular weight is 262 g/mol. The first kappa shape index (κ1) is 13.8. The fraction of sp³-hybridized carbons (Fsp3) is 0.600. The Morgan fingerprint density at radius 3 is 3.05 bits per heavy atom. The molecule has 0 bridgehead atoms. The summed E-state index contributed by atoms with van der Waals surface area (Å²) in [5.41, 5.74) is 2.12. The average Bonchev–Trinajstić information content (AvgIpc) is 2.38. The number of rotatable bonds is 4. The summed E-state index contributed by atoms with van der Waals surface area (Å²) in [7, 11) is 0. The van der Waals surface area contributed by atoms with Crippen LogP contribution in [0.1, 0.15) is 54.7 Å². The number of H-pyrrole nitrogens is 1. The van der Waals surface area contributed by atoms with Crippen LogP contribution in [-0.2, 0) is 12.8 Å². The number of hydrogen-bond acceptors (Lipinski definition) is 2. The highest BCUT2D eigenvalue weighted by atomic mass is 16.2. The highest BCUT2D eigenvalue weighted by Gasteiger charge is 2.19. The summed E-state index contributed by atoms with van der Waals surface area (Å²) < 4.78 is 0. The van der Waals surface area contributed by atoms with Crippen molar-refractivity contribution >= 4 is 5.91 Å². The molecule has 2 rings (SSSR count). The summed E-state index contributed by atoms with van der Waals surface area (Å²) in [6, 6.07) is 1.78. The van der Waals surface area contributed by atoms with Crippen molar-refractivity contribution in [2.45, 2.75) is 46.0 Å². The molecule has 1 aliphatic rings. The van der Waals surface area contributed by atoms with E-state index in [1.807, 2.05) is 0 Å². The summed E-state index contributed by atoms with van der Waals surface area (Å²) in [5.74, 6) is 0.366. The molecule has 0 aliphatic heterocycles. The molecule has 19 heavy (non-hydrogen) atoms. The van der Waals surface area contributed by atoms with E-state index in [-0.39, 0.29) is 17.0 Å². The number of carbonyl (C=O) groups is 1. The van der Waals surface area contributed by atoms with Crippen molar-refractivity contribution in [2.75, 3.05) is 6.54 Å². The zero-order valence-corrected chi connectivity index (χ0v) is 11.7. The van der Waals surface area contributed by atoms with Gasteiger partial charge in [-0.2, -0.15) is 0 Å². The van der Waals surface area contributed by atoms with Crippen LogP contribution >= 0.6 is 0 Å². The molecule has 4 nitrogen and oxygen atoms in total. The summed E-state index contributed by atoms with van der Waals surface area (Å²) in [4.78, 5) is 26.8. The minimum Gasteiger partial charge on any atom is -0.352 e. The minimum atomic E-state index is -0.262. The van der Waals surface area contributed by atoms with Crippen LogP contribution < -0.4 is 10.9 Å². The standard InChI is InChI=1S/C15H22N2O2/c1-3-4-7-16-14(18)12-9-11-8-10(2)5-6-13(11)17-15(12)19/h9-10H,3-8H2,1-2H3,(H,16,18)(H,17,19). The molecule has 1 unspecified atom stereocenters. The highest BCUT2D eigenvalue weighted by Crippen LogP contribution is 2.23. The van der Waals surface area contributed by atoms with Gasteiger partial charge in [-0.3, -0.25) is 9.59 Å². The third kappa shape index (κ3) is 3.25. The molecule has 0 saturated heterocycles. The molecule has 1 aromatic heterocycles. The van der Waals surface area contributed by atoms with Gasteiger partial charge in [-0.05, 0) is 43.2 Å². The number of hydrogen-bond donors (Lipinski definition) is 2. The highest BCUT2D eigenvalue weighted by molar-refractivity contribution is 5.94. The maximum atomic E-state index is 12.0. The van der Waals surface area contributed by atoms with E-state index in [0.29, 0.717) is 12.5 Å². The van der Waals surface area contributed by atoms with Crippen molar-refractivity contribution in [3.63, 3.8) is 0 Å². The predicted molar refractivity (Wildman–Crippen MR) is 75.5 cm³/mol. The lowest BCUT2D eigenvalue weighted by atomic mass is 9.87. The van der Waals surface area contributed by atoms with Gasteiger partial charge in [0.25, 0.3) is 11.5 Å². The number of aromatic nitrogens is 1. The quantitative estimate of drug-likeness (QED) is 0.816. The Balaban J connectivity index is 2.19. The van der Waals surface area contributed by atoms with E-state index in [2.05, 4.69) is 24.1 Å². The Bertz CT molecular complexity index is 519. The number of nitrogens with one attached hydrogen (secondary N) is 2. The normalized spacial score (nSPS) is 17.9. The van der Waals surface area contributed by atoms with E-state index in [0.717, 1.165) is 43.4 Å². The molecule has 1 heterocycles. The van der Waals surface area contributed by atoms with Crippen molar-refractivity contribution in [1.29, 1.82) is 0 Å². The lowest BCUT2D eigenvalue weighted by Gasteiger charge is -2.21. The van der Waals surface area contributed by atoms with Crippen molar-refractivity contribution in [1.82, 2.24) is 10.3 Å². The monoisotopic (exact) mass is 262 g/mol. The molecular formula is C15H22N2O2. The van der Waals surface area contributed by atoms with Crippen LogP contribution in [0.3, 0.4) is 0 Å². The number of unbranched alkanes of at least 4 members (excludes halogenated alkanes) is 1. The molecule has 0 fully saturated rings. The van der Waals surface area contributed by atoms with E-state index >= 15 is 0 Å². The Morgan fingerprint density at radius 1 is 1.53 bits per heavy atom. The van der Waals surface area contributed by atoms with E-state index in [1.54, 1.807) is 6.07 Å². The summed E-state index contributed by atoms with van der Waals surface area (Å²) >= 11 is 0. The second-order valence-electron chi connectivity index (χ2n) is 5.47. The largest absolute Gasteiger partial charge is 0.352 e. The number of carbonyl (C=O) groups excluding carboxylic acids is 1. The molecular weight excluding hydrogens is 240 g/mol. The minimum absolute atomic E-state index is 0.254. The second kappa shape index (κ2) is 6.04. The van der Waals surface area contributed by atoms with Gasteiger partial charge in [-0.25, -0.2) is 0 Å². The SMILES string of the molecule is CCCCNC(=O)c1cc2c([nH]c1=O)CCC(C)C2.